The lowest BCUT2D eigenvalue weighted by Crippen LogP contribution is -1.98. The molecule has 0 aromatic heterocycles. The van der Waals surface area contributed by atoms with Crippen LogP contribution in [-0.2, 0) is 0 Å². The Morgan fingerprint density at radius 3 is 2.44 bits per heavy atom. The van der Waals surface area contributed by atoms with E-state index in [1.807, 2.05) is 0 Å². The molecule has 5 heteroatoms. The summed E-state index contributed by atoms with van der Waals surface area (Å²) in [7, 11) is 0. The molecule has 4 nitrogen and oxygen atoms in total. The van der Waals surface area contributed by atoms with E-state index < -0.39 is 17.5 Å². The number of halogens is 1. The standard InChI is InChI=1S/C13H10FNO3/c14-11-6-7(1-2-12(11)16)8-3-9(13(17)18)5-10(15)4-8/h1-6,16H,15H2,(H,17,18). The number of nitrogens with two attached hydrogens (primary N) is 1. The molecule has 0 saturated carbocycles. The first-order chi connectivity index (χ1) is 8.47. The summed E-state index contributed by atoms with van der Waals surface area (Å²) in [6.45, 7) is 0. The molecule has 0 radical (unpaired) electrons. The van der Waals surface area contributed by atoms with Crippen molar-refractivity contribution in [2.24, 2.45) is 0 Å². The summed E-state index contributed by atoms with van der Waals surface area (Å²) in [5.41, 5.74) is 6.82. The van der Waals surface area contributed by atoms with Gasteiger partial charge >= 0.3 is 5.97 Å². The van der Waals surface area contributed by atoms with Crippen LogP contribution in [0.25, 0.3) is 11.1 Å². The van der Waals surface area contributed by atoms with E-state index >= 15 is 0 Å². The topological polar surface area (TPSA) is 83.6 Å². The molecule has 18 heavy (non-hydrogen) atoms. The molecule has 4 N–H and O–H groups in total. The number of hydrogen-bond donors (Lipinski definition) is 3. The van der Waals surface area contributed by atoms with Gasteiger partial charge in [0.05, 0.1) is 5.56 Å². The number of hydrogen-bond acceptors (Lipinski definition) is 3. The largest absolute Gasteiger partial charge is 0.505 e. The molecule has 0 aliphatic rings. The monoisotopic (exact) mass is 247 g/mol. The highest BCUT2D eigenvalue weighted by molar-refractivity contribution is 5.91. The van der Waals surface area contributed by atoms with Gasteiger partial charge in [-0.2, -0.15) is 0 Å². The smallest absolute Gasteiger partial charge is 0.335 e. The van der Waals surface area contributed by atoms with Gasteiger partial charge in [-0.3, -0.25) is 0 Å². The van der Waals surface area contributed by atoms with Gasteiger partial charge in [0.2, 0.25) is 0 Å². The lowest BCUT2D eigenvalue weighted by Gasteiger charge is -2.06. The number of aromatic carboxylic acids is 1. The van der Waals surface area contributed by atoms with E-state index in [-0.39, 0.29) is 11.3 Å². The molecule has 0 aliphatic carbocycles. The van der Waals surface area contributed by atoms with Crippen molar-refractivity contribution in [2.45, 2.75) is 0 Å². The van der Waals surface area contributed by atoms with Crippen molar-refractivity contribution < 1.29 is 19.4 Å². The Balaban J connectivity index is 2.56. The van der Waals surface area contributed by atoms with Crippen LogP contribution in [0.1, 0.15) is 10.4 Å². The second-order valence-electron chi connectivity index (χ2n) is 3.82. The van der Waals surface area contributed by atoms with Crippen molar-refractivity contribution in [1.29, 1.82) is 0 Å². The zero-order valence-electron chi connectivity index (χ0n) is 9.22. The minimum Gasteiger partial charge on any atom is -0.505 e. The van der Waals surface area contributed by atoms with Crippen molar-refractivity contribution in [3.63, 3.8) is 0 Å². The molecule has 0 heterocycles. The maximum atomic E-state index is 13.2. The van der Waals surface area contributed by atoms with Crippen molar-refractivity contribution in [2.75, 3.05) is 5.73 Å². The molecule has 0 aliphatic heterocycles. The maximum Gasteiger partial charge on any atom is 0.335 e. The van der Waals surface area contributed by atoms with Gasteiger partial charge in [-0.05, 0) is 41.5 Å². The lowest BCUT2D eigenvalue weighted by molar-refractivity contribution is 0.0697. The number of carboxylic acids is 1. The van der Waals surface area contributed by atoms with E-state index in [2.05, 4.69) is 0 Å². The molecule has 0 amide bonds. The van der Waals surface area contributed by atoms with Crippen LogP contribution in [0.3, 0.4) is 0 Å². The highest BCUT2D eigenvalue weighted by atomic mass is 19.1. The second kappa shape index (κ2) is 4.37. The quantitative estimate of drug-likeness (QED) is 0.712. The van der Waals surface area contributed by atoms with Crippen LogP contribution in [0.2, 0.25) is 0 Å². The van der Waals surface area contributed by atoms with E-state index in [1.54, 1.807) is 0 Å². The average Bonchev–Trinajstić information content (AvgIpc) is 2.31. The Kier molecular flexibility index (Phi) is 2.89. The number of phenols is 1. The van der Waals surface area contributed by atoms with Gasteiger partial charge in [0.25, 0.3) is 0 Å². The summed E-state index contributed by atoms with van der Waals surface area (Å²) in [6, 6.07) is 8.06. The number of carboxylic acid groups (broad SMARTS) is 1. The molecule has 2 rings (SSSR count). The van der Waals surface area contributed by atoms with Crippen molar-refractivity contribution in [3.8, 4) is 16.9 Å². The first kappa shape index (κ1) is 11.9. The predicted octanol–water partition coefficient (Wildman–Crippen LogP) is 2.48. The molecule has 2 aromatic rings. The minimum absolute atomic E-state index is 0.0264. The maximum absolute atomic E-state index is 13.2. The summed E-state index contributed by atoms with van der Waals surface area (Å²) in [6.07, 6.45) is 0. The van der Waals surface area contributed by atoms with Crippen LogP contribution in [0, 0.1) is 5.82 Å². The van der Waals surface area contributed by atoms with E-state index in [0.717, 1.165) is 6.07 Å². The number of phenolic OH excluding ortho intramolecular Hbond substituents is 1. The summed E-state index contributed by atoms with van der Waals surface area (Å²) >= 11 is 0. The number of rotatable bonds is 2. The number of anilines is 1. The predicted molar refractivity (Wildman–Crippen MR) is 64.9 cm³/mol. The second-order valence-corrected chi connectivity index (χ2v) is 3.82. The molecule has 92 valence electrons. The van der Waals surface area contributed by atoms with Crippen LogP contribution in [-0.4, -0.2) is 16.2 Å². The lowest BCUT2D eigenvalue weighted by atomic mass is 10.0. The Bertz CT molecular complexity index is 626. The molecule has 0 bridgehead atoms. The Labute approximate surface area is 102 Å². The zero-order chi connectivity index (χ0) is 13.3. The summed E-state index contributed by atoms with van der Waals surface area (Å²) in [5.74, 6) is -2.34. The van der Waals surface area contributed by atoms with Gasteiger partial charge in [0, 0.05) is 5.69 Å². The summed E-state index contributed by atoms with van der Waals surface area (Å²) in [5, 5.41) is 18.0. The molecule has 0 fully saturated rings. The van der Waals surface area contributed by atoms with Crippen LogP contribution in [0.5, 0.6) is 5.75 Å². The van der Waals surface area contributed by atoms with E-state index in [9.17, 15) is 9.18 Å². The fourth-order valence-electron chi connectivity index (χ4n) is 1.63. The molecule has 0 saturated heterocycles. The fourth-order valence-corrected chi connectivity index (χ4v) is 1.63. The van der Waals surface area contributed by atoms with E-state index in [1.165, 1.54) is 30.3 Å². The first-order valence-corrected chi connectivity index (χ1v) is 5.10. The van der Waals surface area contributed by atoms with E-state index in [0.29, 0.717) is 11.1 Å². The highest BCUT2D eigenvalue weighted by Crippen LogP contribution is 2.27. The Morgan fingerprint density at radius 2 is 1.83 bits per heavy atom. The van der Waals surface area contributed by atoms with Gasteiger partial charge in [0.1, 0.15) is 0 Å². The van der Waals surface area contributed by atoms with Gasteiger partial charge in [-0.15, -0.1) is 0 Å². The van der Waals surface area contributed by atoms with Crippen molar-refractivity contribution in [1.82, 2.24) is 0 Å². The van der Waals surface area contributed by atoms with Crippen molar-refractivity contribution >= 4 is 11.7 Å². The normalized spacial score (nSPS) is 10.3. The van der Waals surface area contributed by atoms with Crippen LogP contribution in [0.15, 0.2) is 36.4 Å². The summed E-state index contributed by atoms with van der Waals surface area (Å²) < 4.78 is 13.2. The molecule has 2 aromatic carbocycles. The van der Waals surface area contributed by atoms with E-state index in [4.69, 9.17) is 15.9 Å². The average molecular weight is 247 g/mol. The first-order valence-electron chi connectivity index (χ1n) is 5.10. The number of aromatic hydroxyl groups is 1. The van der Waals surface area contributed by atoms with Gasteiger partial charge in [-0.25, -0.2) is 9.18 Å². The van der Waals surface area contributed by atoms with Crippen LogP contribution in [0.4, 0.5) is 10.1 Å². The highest BCUT2D eigenvalue weighted by Gasteiger charge is 2.09. The third kappa shape index (κ3) is 2.24. The van der Waals surface area contributed by atoms with Crippen molar-refractivity contribution in [3.05, 3.63) is 47.8 Å². The number of nitrogen functional groups attached to an aromatic ring is 1. The Morgan fingerprint density at radius 1 is 1.11 bits per heavy atom. The molecule has 0 atom stereocenters. The fraction of sp³-hybridized carbons (Fsp3) is 0. The van der Waals surface area contributed by atoms with Crippen LogP contribution >= 0.6 is 0 Å². The van der Waals surface area contributed by atoms with Crippen LogP contribution < -0.4 is 5.73 Å². The molecular formula is C13H10FNO3. The molecular weight excluding hydrogens is 237 g/mol. The third-order valence-corrected chi connectivity index (χ3v) is 2.48. The zero-order valence-corrected chi connectivity index (χ0v) is 9.22. The molecule has 0 spiro atoms. The summed E-state index contributed by atoms with van der Waals surface area (Å²) in [4.78, 5) is 10.9. The number of carbonyl (C=O) groups is 1. The minimum atomic E-state index is -1.11. The van der Waals surface area contributed by atoms with Gasteiger partial charge in [-0.1, -0.05) is 6.07 Å². The number of benzene rings is 2. The molecule has 0 unspecified atom stereocenters. The van der Waals surface area contributed by atoms with Gasteiger partial charge < -0.3 is 15.9 Å². The van der Waals surface area contributed by atoms with Gasteiger partial charge in [0.15, 0.2) is 11.6 Å². The SMILES string of the molecule is Nc1cc(C(=O)O)cc(-c2ccc(O)c(F)c2)c1. The third-order valence-electron chi connectivity index (χ3n) is 2.48. The Hall–Kier alpha value is -2.56.